The molecule has 25 heavy (non-hydrogen) atoms. The Morgan fingerprint density at radius 1 is 1.24 bits per heavy atom. The van der Waals surface area contributed by atoms with E-state index >= 15 is 0 Å². The van der Waals surface area contributed by atoms with E-state index in [-0.39, 0.29) is 0 Å². The lowest BCUT2D eigenvalue weighted by Gasteiger charge is -2.12. The van der Waals surface area contributed by atoms with Gasteiger partial charge in [0.25, 0.3) is 0 Å². The van der Waals surface area contributed by atoms with Crippen molar-refractivity contribution in [3.05, 3.63) is 51.8 Å². The Hall–Kier alpha value is -1.85. The van der Waals surface area contributed by atoms with Gasteiger partial charge in [-0.3, -0.25) is 4.99 Å². The molecule has 1 aromatic heterocycles. The Morgan fingerprint density at radius 2 is 2.04 bits per heavy atom. The fraction of sp³-hybridized carbons (Fsp3) is 0.389. The van der Waals surface area contributed by atoms with Crippen molar-refractivity contribution in [1.29, 1.82) is 0 Å². The zero-order valence-electron chi connectivity index (χ0n) is 14.8. The van der Waals surface area contributed by atoms with Crippen LogP contribution in [0.1, 0.15) is 17.7 Å². The van der Waals surface area contributed by atoms with Gasteiger partial charge in [0.05, 0.1) is 18.7 Å². The second kappa shape index (κ2) is 9.59. The zero-order chi connectivity index (χ0) is 18.2. The van der Waals surface area contributed by atoms with Crippen LogP contribution < -0.4 is 15.4 Å². The standard InChI is InChI=1S/C18H24Cl2N4O/c1-21-18(23-12-14-11-16(19)17(20)24(14)2)22-9-5-7-13-6-4-8-15(10-13)25-3/h4,6,8,10-11H,5,7,9,12H2,1-3H3,(H2,21,22,23). The van der Waals surface area contributed by atoms with Crippen molar-refractivity contribution in [2.24, 2.45) is 12.0 Å². The maximum atomic E-state index is 6.08. The number of benzene rings is 1. The summed E-state index contributed by atoms with van der Waals surface area (Å²) in [4.78, 5) is 4.23. The van der Waals surface area contributed by atoms with E-state index in [1.165, 1.54) is 5.56 Å². The molecule has 0 radical (unpaired) electrons. The van der Waals surface area contributed by atoms with Gasteiger partial charge in [-0.2, -0.15) is 0 Å². The van der Waals surface area contributed by atoms with Crippen molar-refractivity contribution in [3.63, 3.8) is 0 Å². The predicted molar refractivity (Wildman–Crippen MR) is 105 cm³/mol. The van der Waals surface area contributed by atoms with Gasteiger partial charge in [0.1, 0.15) is 10.9 Å². The Bertz CT molecular complexity index is 728. The summed E-state index contributed by atoms with van der Waals surface area (Å²) in [6.07, 6.45) is 1.97. The van der Waals surface area contributed by atoms with Gasteiger partial charge in [0, 0.05) is 26.3 Å². The second-order valence-electron chi connectivity index (χ2n) is 5.64. The molecule has 136 valence electrons. The highest BCUT2D eigenvalue weighted by molar-refractivity contribution is 6.41. The molecule has 2 N–H and O–H groups in total. The van der Waals surface area contributed by atoms with Crippen LogP contribution in [0.25, 0.3) is 0 Å². The fourth-order valence-electron chi connectivity index (χ4n) is 2.48. The van der Waals surface area contributed by atoms with Crippen molar-refractivity contribution in [2.75, 3.05) is 20.7 Å². The van der Waals surface area contributed by atoms with E-state index in [0.29, 0.717) is 16.7 Å². The molecule has 0 atom stereocenters. The number of hydrogen-bond donors (Lipinski definition) is 2. The number of methoxy groups -OCH3 is 1. The van der Waals surface area contributed by atoms with Gasteiger partial charge in [-0.1, -0.05) is 35.3 Å². The highest BCUT2D eigenvalue weighted by Gasteiger charge is 2.09. The van der Waals surface area contributed by atoms with Gasteiger partial charge in [-0.25, -0.2) is 0 Å². The summed E-state index contributed by atoms with van der Waals surface area (Å²) >= 11 is 12.1. The first-order valence-electron chi connectivity index (χ1n) is 8.12. The predicted octanol–water partition coefficient (Wildman–Crippen LogP) is 3.64. The van der Waals surface area contributed by atoms with Crippen LogP contribution in [0.4, 0.5) is 0 Å². The number of hydrogen-bond acceptors (Lipinski definition) is 2. The molecule has 0 aliphatic heterocycles. The van der Waals surface area contributed by atoms with Crippen LogP contribution >= 0.6 is 23.2 Å². The SMILES string of the molecule is CN=C(NCCCc1cccc(OC)c1)NCc1cc(Cl)c(Cl)n1C. The number of aliphatic imine (C=N–C) groups is 1. The first kappa shape index (κ1) is 19.5. The molecule has 0 unspecified atom stereocenters. The van der Waals surface area contributed by atoms with Crippen LogP contribution in [0.15, 0.2) is 35.3 Å². The highest BCUT2D eigenvalue weighted by atomic mass is 35.5. The molecular weight excluding hydrogens is 359 g/mol. The summed E-state index contributed by atoms with van der Waals surface area (Å²) < 4.78 is 7.10. The highest BCUT2D eigenvalue weighted by Crippen LogP contribution is 2.24. The third-order valence-corrected chi connectivity index (χ3v) is 4.79. The number of guanidine groups is 1. The number of halogens is 2. The number of ether oxygens (including phenoxy) is 1. The van der Waals surface area contributed by atoms with Gasteiger partial charge in [0.15, 0.2) is 5.96 Å². The minimum Gasteiger partial charge on any atom is -0.497 e. The van der Waals surface area contributed by atoms with E-state index in [0.717, 1.165) is 36.8 Å². The van der Waals surface area contributed by atoms with E-state index in [4.69, 9.17) is 27.9 Å². The smallest absolute Gasteiger partial charge is 0.191 e. The van der Waals surface area contributed by atoms with Crippen LogP contribution in [0.5, 0.6) is 5.75 Å². The van der Waals surface area contributed by atoms with E-state index < -0.39 is 0 Å². The average Bonchev–Trinajstić information content (AvgIpc) is 2.88. The van der Waals surface area contributed by atoms with E-state index in [2.05, 4.69) is 27.8 Å². The van der Waals surface area contributed by atoms with Gasteiger partial charge in [-0.05, 0) is 36.6 Å². The molecule has 0 amide bonds. The molecule has 5 nitrogen and oxygen atoms in total. The lowest BCUT2D eigenvalue weighted by atomic mass is 10.1. The third-order valence-electron chi connectivity index (χ3n) is 3.95. The normalized spacial score (nSPS) is 11.5. The van der Waals surface area contributed by atoms with Gasteiger partial charge >= 0.3 is 0 Å². The summed E-state index contributed by atoms with van der Waals surface area (Å²) in [5.74, 6) is 1.64. The van der Waals surface area contributed by atoms with Gasteiger partial charge in [0.2, 0.25) is 0 Å². The summed E-state index contributed by atoms with van der Waals surface area (Å²) in [5, 5.41) is 7.68. The monoisotopic (exact) mass is 382 g/mol. The molecular formula is C18H24Cl2N4O. The molecule has 2 aromatic rings. The molecule has 1 heterocycles. The van der Waals surface area contributed by atoms with E-state index in [9.17, 15) is 0 Å². The first-order chi connectivity index (χ1) is 12.0. The van der Waals surface area contributed by atoms with Crippen LogP contribution in [-0.4, -0.2) is 31.2 Å². The Morgan fingerprint density at radius 3 is 2.68 bits per heavy atom. The van der Waals surface area contributed by atoms with E-state index in [1.807, 2.05) is 29.8 Å². The van der Waals surface area contributed by atoms with Crippen LogP contribution in [0.2, 0.25) is 10.2 Å². The Labute approximate surface area is 159 Å². The maximum Gasteiger partial charge on any atom is 0.191 e. The van der Waals surface area contributed by atoms with Crippen molar-refractivity contribution in [2.45, 2.75) is 19.4 Å². The van der Waals surface area contributed by atoms with Gasteiger partial charge < -0.3 is 19.9 Å². The molecule has 2 rings (SSSR count). The molecule has 0 saturated carbocycles. The quantitative estimate of drug-likeness (QED) is 0.436. The molecule has 1 aromatic carbocycles. The number of rotatable bonds is 7. The maximum absolute atomic E-state index is 6.08. The second-order valence-corrected chi connectivity index (χ2v) is 6.41. The lowest BCUT2D eigenvalue weighted by Crippen LogP contribution is -2.37. The van der Waals surface area contributed by atoms with Crippen molar-refractivity contribution < 1.29 is 4.74 Å². The molecule has 0 saturated heterocycles. The molecule has 0 aliphatic carbocycles. The topological polar surface area (TPSA) is 50.6 Å². The molecule has 0 spiro atoms. The fourth-order valence-corrected chi connectivity index (χ4v) is 2.90. The lowest BCUT2D eigenvalue weighted by molar-refractivity contribution is 0.414. The summed E-state index contributed by atoms with van der Waals surface area (Å²) in [7, 11) is 5.32. The minimum atomic E-state index is 0.541. The molecule has 0 aliphatic rings. The number of nitrogens with zero attached hydrogens (tertiary/aromatic N) is 2. The molecule has 7 heteroatoms. The van der Waals surface area contributed by atoms with Crippen LogP contribution in [0.3, 0.4) is 0 Å². The number of nitrogens with one attached hydrogen (secondary N) is 2. The van der Waals surface area contributed by atoms with Crippen molar-refractivity contribution >= 4 is 29.2 Å². The first-order valence-corrected chi connectivity index (χ1v) is 8.87. The summed E-state index contributed by atoms with van der Waals surface area (Å²) in [6.45, 7) is 1.42. The third kappa shape index (κ3) is 5.58. The van der Waals surface area contributed by atoms with Gasteiger partial charge in [-0.15, -0.1) is 0 Å². The van der Waals surface area contributed by atoms with Crippen LogP contribution in [-0.2, 0) is 20.0 Å². The van der Waals surface area contributed by atoms with Crippen molar-refractivity contribution in [1.82, 2.24) is 15.2 Å². The van der Waals surface area contributed by atoms with Crippen molar-refractivity contribution in [3.8, 4) is 5.75 Å². The number of aryl methyl sites for hydroxylation is 1. The molecule has 0 fully saturated rings. The zero-order valence-corrected chi connectivity index (χ0v) is 16.3. The Balaban J connectivity index is 1.75. The number of aromatic nitrogens is 1. The minimum absolute atomic E-state index is 0.541. The van der Waals surface area contributed by atoms with E-state index in [1.54, 1.807) is 14.2 Å². The molecule has 0 bridgehead atoms. The summed E-state index contributed by atoms with van der Waals surface area (Å²) in [6, 6.07) is 10.00. The Kier molecular flexibility index (Phi) is 7.47. The average molecular weight is 383 g/mol. The van der Waals surface area contributed by atoms with Crippen LogP contribution in [0, 0.1) is 0 Å². The largest absolute Gasteiger partial charge is 0.497 e. The summed E-state index contributed by atoms with van der Waals surface area (Å²) in [5.41, 5.74) is 2.26.